The zero-order valence-corrected chi connectivity index (χ0v) is 15.4. The predicted octanol–water partition coefficient (Wildman–Crippen LogP) is 2.30. The van der Waals surface area contributed by atoms with Crippen molar-refractivity contribution in [2.45, 2.75) is 0 Å². The molecule has 10 heteroatoms. The minimum Gasteiger partial charge on any atom is -0.271 e. The average Bonchev–Trinajstić information content (AvgIpc) is 2.55. The molecule has 0 aliphatic heterocycles. The number of sulfonamides is 1. The highest BCUT2D eigenvalue weighted by Gasteiger charge is 2.23. The van der Waals surface area contributed by atoms with E-state index in [0.717, 1.165) is 10.6 Å². The van der Waals surface area contributed by atoms with Gasteiger partial charge in [-0.05, 0) is 24.3 Å². The zero-order chi connectivity index (χ0) is 18.4. The Labute approximate surface area is 155 Å². The molecule has 25 heavy (non-hydrogen) atoms. The molecule has 132 valence electrons. The lowest BCUT2D eigenvalue weighted by Crippen LogP contribution is -2.39. The molecule has 0 bridgehead atoms. The number of pyridine rings is 1. The van der Waals surface area contributed by atoms with E-state index in [1.54, 1.807) is 30.5 Å². The lowest BCUT2D eigenvalue weighted by Gasteiger charge is -2.22. The Bertz CT molecular complexity index is 889. The molecule has 0 saturated carbocycles. The van der Waals surface area contributed by atoms with E-state index < -0.39 is 22.5 Å². The van der Waals surface area contributed by atoms with Crippen molar-refractivity contribution in [2.24, 2.45) is 5.10 Å². The number of anilines is 1. The molecule has 1 aromatic heterocycles. The molecule has 2 aromatic rings. The van der Waals surface area contributed by atoms with E-state index in [4.69, 9.17) is 23.2 Å². The van der Waals surface area contributed by atoms with Gasteiger partial charge in [-0.2, -0.15) is 5.10 Å². The molecule has 1 amide bonds. The molecule has 1 N–H and O–H groups in total. The Morgan fingerprint density at radius 2 is 2.04 bits per heavy atom. The van der Waals surface area contributed by atoms with Crippen LogP contribution < -0.4 is 9.73 Å². The van der Waals surface area contributed by atoms with Gasteiger partial charge in [-0.15, -0.1) is 0 Å². The molecule has 7 nitrogen and oxygen atoms in total. The molecule has 0 aliphatic rings. The summed E-state index contributed by atoms with van der Waals surface area (Å²) in [6.07, 6.45) is 3.89. The molecule has 0 radical (unpaired) electrons. The van der Waals surface area contributed by atoms with E-state index in [0.29, 0.717) is 5.69 Å². The molecule has 1 heterocycles. The van der Waals surface area contributed by atoms with Crippen LogP contribution >= 0.6 is 23.2 Å². The first kappa shape index (κ1) is 19.2. The highest BCUT2D eigenvalue weighted by atomic mass is 35.5. The van der Waals surface area contributed by atoms with Crippen LogP contribution in [0.1, 0.15) is 5.69 Å². The van der Waals surface area contributed by atoms with E-state index in [1.165, 1.54) is 18.3 Å². The van der Waals surface area contributed by atoms with Crippen LogP contribution in [0.15, 0.2) is 47.7 Å². The summed E-state index contributed by atoms with van der Waals surface area (Å²) in [5, 5.41) is 3.97. The molecule has 0 spiro atoms. The minimum absolute atomic E-state index is 0.0411. The third-order valence-electron chi connectivity index (χ3n) is 2.96. The van der Waals surface area contributed by atoms with Crippen molar-refractivity contribution >= 4 is 51.0 Å². The summed E-state index contributed by atoms with van der Waals surface area (Å²) in [6, 6.07) is 9.73. The summed E-state index contributed by atoms with van der Waals surface area (Å²) < 4.78 is 24.9. The van der Waals surface area contributed by atoms with Crippen LogP contribution in [-0.4, -0.2) is 38.3 Å². The van der Waals surface area contributed by atoms with Crippen LogP contribution in [0.3, 0.4) is 0 Å². The van der Waals surface area contributed by atoms with Gasteiger partial charge in [0, 0.05) is 6.20 Å². The summed E-state index contributed by atoms with van der Waals surface area (Å²) in [4.78, 5) is 16.0. The number of carbonyl (C=O) groups excluding carboxylic acids is 1. The fraction of sp³-hybridized carbons (Fsp3) is 0.133. The number of nitrogens with one attached hydrogen (secondary N) is 1. The fourth-order valence-corrected chi connectivity index (χ4v) is 3.16. The second kappa shape index (κ2) is 8.28. The number of carbonyl (C=O) groups is 1. The number of benzene rings is 1. The predicted molar refractivity (Wildman–Crippen MR) is 98.6 cm³/mol. The van der Waals surface area contributed by atoms with Crippen LogP contribution in [0.2, 0.25) is 10.0 Å². The van der Waals surface area contributed by atoms with Gasteiger partial charge in [0.25, 0.3) is 5.91 Å². The highest BCUT2D eigenvalue weighted by molar-refractivity contribution is 7.92. The van der Waals surface area contributed by atoms with Crippen molar-refractivity contribution < 1.29 is 13.2 Å². The average molecular weight is 401 g/mol. The Balaban J connectivity index is 2.14. The topological polar surface area (TPSA) is 91.7 Å². The zero-order valence-electron chi connectivity index (χ0n) is 13.1. The molecule has 0 saturated heterocycles. The lowest BCUT2D eigenvalue weighted by molar-refractivity contribution is -0.119. The number of hydrogen-bond acceptors (Lipinski definition) is 5. The second-order valence-electron chi connectivity index (χ2n) is 4.89. The maximum atomic E-state index is 12.0. The number of aromatic nitrogens is 1. The van der Waals surface area contributed by atoms with Crippen LogP contribution in [0.5, 0.6) is 0 Å². The number of hydrogen-bond donors (Lipinski definition) is 1. The van der Waals surface area contributed by atoms with Gasteiger partial charge in [-0.1, -0.05) is 35.3 Å². The fourth-order valence-electron chi connectivity index (χ4n) is 1.85. The Morgan fingerprint density at radius 3 is 2.68 bits per heavy atom. The third-order valence-corrected chi connectivity index (χ3v) is 4.90. The van der Waals surface area contributed by atoms with Crippen LogP contribution in [0, 0.1) is 0 Å². The summed E-state index contributed by atoms with van der Waals surface area (Å²) in [7, 11) is -3.76. The van der Waals surface area contributed by atoms with Gasteiger partial charge in [0.05, 0.1) is 33.9 Å². The number of halogens is 2. The third kappa shape index (κ3) is 5.42. The van der Waals surface area contributed by atoms with Gasteiger partial charge >= 0.3 is 0 Å². The first-order valence-corrected chi connectivity index (χ1v) is 9.54. The first-order chi connectivity index (χ1) is 11.8. The van der Waals surface area contributed by atoms with Gasteiger partial charge < -0.3 is 0 Å². The number of hydrazone groups is 1. The minimum atomic E-state index is -3.76. The summed E-state index contributed by atoms with van der Waals surface area (Å²) in [6.45, 7) is -0.502. The smallest absolute Gasteiger partial charge is 0.260 e. The lowest BCUT2D eigenvalue weighted by atomic mass is 10.3. The largest absolute Gasteiger partial charge is 0.271 e. The summed E-state index contributed by atoms with van der Waals surface area (Å²) in [5.74, 6) is -0.645. The Morgan fingerprint density at radius 1 is 1.28 bits per heavy atom. The number of rotatable bonds is 6. The van der Waals surface area contributed by atoms with Gasteiger partial charge in [0.15, 0.2) is 0 Å². The summed E-state index contributed by atoms with van der Waals surface area (Å²) >= 11 is 12.0. The molecule has 2 rings (SSSR count). The molecule has 0 aliphatic carbocycles. The molecule has 1 aromatic carbocycles. The second-order valence-corrected chi connectivity index (χ2v) is 7.58. The molecule has 0 atom stereocenters. The molecular formula is C15H14Cl2N4O3S. The van der Waals surface area contributed by atoms with Crippen molar-refractivity contribution in [3.63, 3.8) is 0 Å². The van der Waals surface area contributed by atoms with Crippen molar-refractivity contribution in [1.29, 1.82) is 0 Å². The van der Waals surface area contributed by atoms with Crippen LogP contribution in [0.25, 0.3) is 0 Å². The van der Waals surface area contributed by atoms with Crippen LogP contribution in [0.4, 0.5) is 5.69 Å². The normalized spacial score (nSPS) is 11.5. The maximum absolute atomic E-state index is 12.0. The monoisotopic (exact) mass is 400 g/mol. The van der Waals surface area contributed by atoms with Gasteiger partial charge in [-0.3, -0.25) is 14.1 Å². The van der Waals surface area contributed by atoms with Gasteiger partial charge in [0.1, 0.15) is 6.54 Å². The molecule has 0 fully saturated rings. The van der Waals surface area contributed by atoms with Gasteiger partial charge in [-0.25, -0.2) is 13.8 Å². The van der Waals surface area contributed by atoms with E-state index in [-0.39, 0.29) is 15.7 Å². The van der Waals surface area contributed by atoms with E-state index in [1.807, 2.05) is 0 Å². The quantitative estimate of drug-likeness (QED) is 0.594. The van der Waals surface area contributed by atoms with Crippen molar-refractivity contribution in [2.75, 3.05) is 17.1 Å². The Hall–Kier alpha value is -2.16. The standard InChI is InChI=1S/C15H14Cl2N4O3S/c1-25(23,24)21(13-7-4-6-12(16)15(13)17)10-14(22)20-19-9-11-5-2-3-8-18-11/h2-9H,10H2,1H3,(H,20,22)/b19-9-. The van der Waals surface area contributed by atoms with Crippen molar-refractivity contribution in [3.05, 3.63) is 58.3 Å². The SMILES string of the molecule is CS(=O)(=O)N(CC(=O)N/N=C\c1ccccn1)c1cccc(Cl)c1Cl. The highest BCUT2D eigenvalue weighted by Crippen LogP contribution is 2.33. The van der Waals surface area contributed by atoms with Crippen LogP contribution in [-0.2, 0) is 14.8 Å². The van der Waals surface area contributed by atoms with Crippen molar-refractivity contribution in [3.8, 4) is 0 Å². The number of nitrogens with zero attached hydrogens (tertiary/aromatic N) is 3. The number of amides is 1. The van der Waals surface area contributed by atoms with E-state index >= 15 is 0 Å². The molecule has 0 unspecified atom stereocenters. The first-order valence-electron chi connectivity index (χ1n) is 6.93. The van der Waals surface area contributed by atoms with Gasteiger partial charge in [0.2, 0.25) is 10.0 Å². The Kier molecular flexibility index (Phi) is 6.35. The maximum Gasteiger partial charge on any atom is 0.260 e. The van der Waals surface area contributed by atoms with Crippen molar-refractivity contribution in [1.82, 2.24) is 10.4 Å². The van der Waals surface area contributed by atoms with E-state index in [9.17, 15) is 13.2 Å². The van der Waals surface area contributed by atoms with E-state index in [2.05, 4.69) is 15.5 Å². The summed E-state index contributed by atoms with van der Waals surface area (Å²) in [5.41, 5.74) is 2.90. The molecular weight excluding hydrogens is 387 g/mol.